The summed E-state index contributed by atoms with van der Waals surface area (Å²) in [5.74, 6) is -0.957. The predicted molar refractivity (Wildman–Crippen MR) is 65.9 cm³/mol. The van der Waals surface area contributed by atoms with Gasteiger partial charge in [-0.25, -0.2) is 4.79 Å². The highest BCUT2D eigenvalue weighted by Gasteiger charge is 2.08. The molecule has 2 aromatic rings. The molecule has 0 aromatic heterocycles. The Morgan fingerprint density at radius 3 is 2.60 bits per heavy atom. The lowest BCUT2D eigenvalue weighted by Gasteiger charge is -2.03. The number of aromatic carboxylic acids is 1. The monoisotopic (exact) mass is 282 g/mol. The second-order valence-corrected chi connectivity index (χ2v) is 4.56. The van der Waals surface area contributed by atoms with Crippen LogP contribution in [0.5, 0.6) is 0 Å². The first-order valence-electron chi connectivity index (χ1n) is 4.23. The summed E-state index contributed by atoms with van der Waals surface area (Å²) < 4.78 is 0.929. The zero-order valence-corrected chi connectivity index (χ0v) is 10.0. The van der Waals surface area contributed by atoms with Gasteiger partial charge in [0, 0.05) is 9.37 Å². The molecular weight excluding hydrogens is 276 g/mol. The Bertz CT molecular complexity index is 552. The zero-order chi connectivity index (χ0) is 11.0. The molecule has 2 rings (SSSR count). The molecule has 0 heterocycles. The third-order valence-electron chi connectivity index (χ3n) is 2.15. The van der Waals surface area contributed by atoms with Crippen molar-refractivity contribution in [2.45, 2.75) is 4.90 Å². The normalized spacial score (nSPS) is 10.5. The fourth-order valence-corrected chi connectivity index (χ4v) is 2.11. The van der Waals surface area contributed by atoms with Crippen LogP contribution in [-0.2, 0) is 0 Å². The van der Waals surface area contributed by atoms with Crippen LogP contribution in [0.1, 0.15) is 10.4 Å². The molecule has 2 nitrogen and oxygen atoms in total. The van der Waals surface area contributed by atoms with Crippen molar-refractivity contribution in [3.8, 4) is 0 Å². The first kappa shape index (κ1) is 10.5. The highest BCUT2D eigenvalue weighted by atomic mass is 79.9. The minimum absolute atomic E-state index is 0.226. The fourth-order valence-electron chi connectivity index (χ4n) is 1.43. The van der Waals surface area contributed by atoms with E-state index in [1.807, 2.05) is 18.2 Å². The fraction of sp³-hybridized carbons (Fsp3) is 0. The van der Waals surface area contributed by atoms with Crippen molar-refractivity contribution in [3.63, 3.8) is 0 Å². The van der Waals surface area contributed by atoms with Crippen molar-refractivity contribution in [2.75, 3.05) is 0 Å². The number of carboxylic acid groups (broad SMARTS) is 1. The van der Waals surface area contributed by atoms with E-state index in [4.69, 9.17) is 5.11 Å². The quantitative estimate of drug-likeness (QED) is 0.785. The lowest BCUT2D eigenvalue weighted by molar-refractivity contribution is 0.0693. The highest BCUT2D eigenvalue weighted by molar-refractivity contribution is 9.10. The molecule has 0 spiro atoms. The van der Waals surface area contributed by atoms with Crippen LogP contribution in [0.25, 0.3) is 10.8 Å². The maximum Gasteiger partial charge on any atom is 0.336 e. The van der Waals surface area contributed by atoms with E-state index in [-0.39, 0.29) is 5.56 Å². The topological polar surface area (TPSA) is 37.3 Å². The molecule has 4 heteroatoms. The molecule has 0 unspecified atom stereocenters. The number of rotatable bonds is 1. The lowest BCUT2D eigenvalue weighted by Crippen LogP contribution is -1.97. The summed E-state index contributed by atoms with van der Waals surface area (Å²) in [6.07, 6.45) is 0. The molecular formula is C11H7BrO2S. The average Bonchev–Trinajstić information content (AvgIpc) is 2.17. The summed E-state index contributed by atoms with van der Waals surface area (Å²) in [4.78, 5) is 11.4. The summed E-state index contributed by atoms with van der Waals surface area (Å²) >= 11 is 7.49. The van der Waals surface area contributed by atoms with E-state index in [1.54, 1.807) is 12.1 Å². The molecule has 76 valence electrons. The molecule has 0 aliphatic heterocycles. The summed E-state index contributed by atoms with van der Waals surface area (Å²) in [5, 5.41) is 10.8. The molecule has 0 atom stereocenters. The number of thiol groups is 1. The van der Waals surface area contributed by atoms with Crippen molar-refractivity contribution >= 4 is 45.3 Å². The Balaban J connectivity index is 2.77. The molecule has 0 aliphatic rings. The van der Waals surface area contributed by atoms with Gasteiger partial charge >= 0.3 is 5.97 Å². The highest BCUT2D eigenvalue weighted by Crippen LogP contribution is 2.25. The summed E-state index contributed by atoms with van der Waals surface area (Å²) in [6, 6.07) is 9.11. The van der Waals surface area contributed by atoms with Crippen molar-refractivity contribution in [1.29, 1.82) is 0 Å². The molecule has 15 heavy (non-hydrogen) atoms. The van der Waals surface area contributed by atoms with Crippen LogP contribution in [0.3, 0.4) is 0 Å². The molecule has 1 N–H and O–H groups in total. The molecule has 0 saturated heterocycles. The predicted octanol–water partition coefficient (Wildman–Crippen LogP) is 3.59. The van der Waals surface area contributed by atoms with Gasteiger partial charge in [-0.1, -0.05) is 22.0 Å². The van der Waals surface area contributed by atoms with E-state index in [0.717, 1.165) is 15.2 Å². The number of hydrogen-bond donors (Lipinski definition) is 2. The van der Waals surface area contributed by atoms with Crippen LogP contribution in [0.2, 0.25) is 0 Å². The van der Waals surface area contributed by atoms with Crippen LogP contribution in [0.4, 0.5) is 0 Å². The Kier molecular flexibility index (Phi) is 2.71. The summed E-state index contributed by atoms with van der Waals surface area (Å²) in [7, 11) is 0. The number of hydrogen-bond acceptors (Lipinski definition) is 2. The standard InChI is InChI=1S/C11H7BrO2S/c12-8-2-1-6-5-10(15)9(11(13)14)4-7(6)3-8/h1-5,15H,(H,13,14). The SMILES string of the molecule is O=C(O)c1cc2cc(Br)ccc2cc1S. The Hall–Kier alpha value is -1.00. The number of benzene rings is 2. The second kappa shape index (κ2) is 3.87. The smallest absolute Gasteiger partial charge is 0.336 e. The minimum atomic E-state index is -0.957. The van der Waals surface area contributed by atoms with E-state index in [2.05, 4.69) is 28.6 Å². The Morgan fingerprint density at radius 1 is 1.20 bits per heavy atom. The number of carbonyl (C=O) groups is 1. The first-order valence-corrected chi connectivity index (χ1v) is 5.47. The van der Waals surface area contributed by atoms with Crippen LogP contribution in [0.15, 0.2) is 39.7 Å². The van der Waals surface area contributed by atoms with E-state index in [0.29, 0.717) is 4.90 Å². The Morgan fingerprint density at radius 2 is 1.93 bits per heavy atom. The van der Waals surface area contributed by atoms with Crippen molar-refractivity contribution < 1.29 is 9.90 Å². The van der Waals surface area contributed by atoms with Gasteiger partial charge in [0.15, 0.2) is 0 Å². The van der Waals surface area contributed by atoms with Crippen LogP contribution in [-0.4, -0.2) is 11.1 Å². The van der Waals surface area contributed by atoms with Crippen LogP contribution < -0.4 is 0 Å². The maximum atomic E-state index is 10.9. The second-order valence-electron chi connectivity index (χ2n) is 3.17. The zero-order valence-electron chi connectivity index (χ0n) is 7.57. The van der Waals surface area contributed by atoms with Gasteiger partial charge in [-0.05, 0) is 35.0 Å². The van der Waals surface area contributed by atoms with E-state index < -0.39 is 5.97 Å². The number of halogens is 1. The van der Waals surface area contributed by atoms with Gasteiger partial charge in [-0.3, -0.25) is 0 Å². The molecule has 0 radical (unpaired) electrons. The van der Waals surface area contributed by atoms with E-state index in [9.17, 15) is 4.79 Å². The van der Waals surface area contributed by atoms with E-state index >= 15 is 0 Å². The van der Waals surface area contributed by atoms with Gasteiger partial charge in [-0.2, -0.15) is 0 Å². The minimum Gasteiger partial charge on any atom is -0.478 e. The van der Waals surface area contributed by atoms with Gasteiger partial charge in [0.1, 0.15) is 0 Å². The molecule has 0 bridgehead atoms. The van der Waals surface area contributed by atoms with E-state index in [1.165, 1.54) is 0 Å². The van der Waals surface area contributed by atoms with Crippen molar-refractivity contribution in [1.82, 2.24) is 0 Å². The van der Waals surface area contributed by atoms with Gasteiger partial charge in [0.2, 0.25) is 0 Å². The van der Waals surface area contributed by atoms with Gasteiger partial charge in [0.05, 0.1) is 5.56 Å². The molecule has 0 amide bonds. The summed E-state index contributed by atoms with van der Waals surface area (Å²) in [5.41, 5.74) is 0.226. The molecule has 0 aliphatic carbocycles. The van der Waals surface area contributed by atoms with Gasteiger partial charge < -0.3 is 5.11 Å². The van der Waals surface area contributed by atoms with Crippen LogP contribution >= 0.6 is 28.6 Å². The third kappa shape index (κ3) is 2.01. The van der Waals surface area contributed by atoms with Crippen molar-refractivity contribution in [3.05, 3.63) is 40.4 Å². The maximum absolute atomic E-state index is 10.9. The number of fused-ring (bicyclic) bond motifs is 1. The Labute approximate surface area is 100 Å². The molecule has 2 aromatic carbocycles. The van der Waals surface area contributed by atoms with Crippen molar-refractivity contribution in [2.24, 2.45) is 0 Å². The van der Waals surface area contributed by atoms with Crippen LogP contribution in [0, 0.1) is 0 Å². The van der Waals surface area contributed by atoms with Gasteiger partial charge in [0.25, 0.3) is 0 Å². The average molecular weight is 283 g/mol. The largest absolute Gasteiger partial charge is 0.478 e. The lowest BCUT2D eigenvalue weighted by atomic mass is 10.1. The van der Waals surface area contributed by atoms with Gasteiger partial charge in [-0.15, -0.1) is 12.6 Å². The third-order valence-corrected chi connectivity index (χ3v) is 3.01. The number of carboxylic acids is 1. The summed E-state index contributed by atoms with van der Waals surface area (Å²) in [6.45, 7) is 0. The molecule has 0 fully saturated rings. The molecule has 0 saturated carbocycles. The first-order chi connectivity index (χ1) is 7.08.